The number of carbonyl (C=O) groups excluding carboxylic acids is 4. The van der Waals surface area contributed by atoms with E-state index < -0.39 is 59.6 Å². The van der Waals surface area contributed by atoms with Crippen LogP contribution in [0.1, 0.15) is 60.8 Å². The third kappa shape index (κ3) is 5.28. The molecule has 1 aliphatic heterocycles. The van der Waals surface area contributed by atoms with Crippen molar-refractivity contribution >= 4 is 23.7 Å². The molecule has 1 saturated heterocycles. The number of aliphatic hydroxyl groups is 1. The first-order chi connectivity index (χ1) is 14.8. The molecule has 1 saturated carbocycles. The van der Waals surface area contributed by atoms with Gasteiger partial charge in [-0.05, 0) is 40.0 Å². The summed E-state index contributed by atoms with van der Waals surface area (Å²) in [6.45, 7) is 13.5. The minimum atomic E-state index is -1.57. The topological polar surface area (TPSA) is 116 Å². The number of fused-ring (bicyclic) bond motifs is 1. The maximum atomic E-state index is 13.3. The van der Waals surface area contributed by atoms with Gasteiger partial charge in [-0.1, -0.05) is 33.4 Å². The molecule has 0 aromatic rings. The first kappa shape index (κ1) is 25.8. The van der Waals surface area contributed by atoms with E-state index in [9.17, 15) is 24.3 Å². The Morgan fingerprint density at radius 1 is 1.28 bits per heavy atom. The van der Waals surface area contributed by atoms with E-state index in [1.54, 1.807) is 40.7 Å². The Morgan fingerprint density at radius 2 is 1.91 bits per heavy atom. The van der Waals surface area contributed by atoms with E-state index in [1.807, 2.05) is 0 Å². The number of Topliss-reactive ketones (excluding diaryl/α,β-unsaturated/α-hetero) is 1. The van der Waals surface area contributed by atoms with Gasteiger partial charge in [-0.2, -0.15) is 0 Å². The molecule has 2 fully saturated rings. The lowest BCUT2D eigenvalue weighted by atomic mass is 9.76. The molecule has 0 bridgehead atoms. The fourth-order valence-corrected chi connectivity index (χ4v) is 3.99. The minimum Gasteiger partial charge on any atom is -0.454 e. The van der Waals surface area contributed by atoms with E-state index in [4.69, 9.17) is 14.2 Å². The third-order valence-electron chi connectivity index (χ3n) is 6.29. The zero-order valence-electron chi connectivity index (χ0n) is 19.7. The van der Waals surface area contributed by atoms with E-state index in [-0.39, 0.29) is 17.8 Å². The molecule has 6 atom stereocenters. The van der Waals surface area contributed by atoms with Gasteiger partial charge in [0.2, 0.25) is 0 Å². The summed E-state index contributed by atoms with van der Waals surface area (Å²) in [5.41, 5.74) is -1.31. The quantitative estimate of drug-likeness (QED) is 0.395. The van der Waals surface area contributed by atoms with Crippen molar-refractivity contribution in [3.63, 3.8) is 0 Å². The zero-order chi connectivity index (χ0) is 24.4. The van der Waals surface area contributed by atoms with Crippen molar-refractivity contribution in [2.75, 3.05) is 0 Å². The molecule has 0 unspecified atom stereocenters. The van der Waals surface area contributed by atoms with Gasteiger partial charge in [-0.15, -0.1) is 0 Å². The van der Waals surface area contributed by atoms with Crippen LogP contribution in [0.5, 0.6) is 0 Å². The van der Waals surface area contributed by atoms with E-state index in [0.717, 1.165) is 0 Å². The molecule has 178 valence electrons. The minimum absolute atomic E-state index is 0.0581. The van der Waals surface area contributed by atoms with Crippen LogP contribution in [0.15, 0.2) is 23.8 Å². The van der Waals surface area contributed by atoms with Crippen molar-refractivity contribution in [3.05, 3.63) is 23.8 Å². The van der Waals surface area contributed by atoms with Crippen LogP contribution in [-0.4, -0.2) is 52.7 Å². The van der Waals surface area contributed by atoms with Crippen LogP contribution in [0.4, 0.5) is 0 Å². The number of hydrogen-bond donors (Lipinski definition) is 1. The fourth-order valence-electron chi connectivity index (χ4n) is 3.99. The van der Waals surface area contributed by atoms with E-state index in [0.29, 0.717) is 18.4 Å². The molecule has 2 rings (SSSR count). The van der Waals surface area contributed by atoms with Crippen LogP contribution < -0.4 is 0 Å². The summed E-state index contributed by atoms with van der Waals surface area (Å²) < 4.78 is 16.7. The van der Waals surface area contributed by atoms with E-state index >= 15 is 0 Å². The van der Waals surface area contributed by atoms with Gasteiger partial charge in [0, 0.05) is 17.1 Å². The highest BCUT2D eigenvalue weighted by molar-refractivity contribution is 5.95. The Kier molecular flexibility index (Phi) is 8.04. The monoisotopic (exact) mass is 450 g/mol. The lowest BCUT2D eigenvalue weighted by Crippen LogP contribution is -2.55. The van der Waals surface area contributed by atoms with Gasteiger partial charge < -0.3 is 19.3 Å². The van der Waals surface area contributed by atoms with Crippen molar-refractivity contribution in [1.29, 1.82) is 0 Å². The van der Waals surface area contributed by atoms with Crippen molar-refractivity contribution in [2.24, 2.45) is 17.8 Å². The Bertz CT molecular complexity index is 822. The van der Waals surface area contributed by atoms with Gasteiger partial charge in [0.1, 0.15) is 5.60 Å². The lowest BCUT2D eigenvalue weighted by Gasteiger charge is -2.40. The second-order valence-corrected chi connectivity index (χ2v) is 9.28. The molecule has 0 spiro atoms. The van der Waals surface area contributed by atoms with E-state index in [1.165, 1.54) is 6.92 Å². The largest absolute Gasteiger partial charge is 0.454 e. The van der Waals surface area contributed by atoms with Gasteiger partial charge in [0.05, 0.1) is 11.8 Å². The maximum Gasteiger partial charge on any atom is 0.334 e. The highest BCUT2D eigenvalue weighted by Crippen LogP contribution is 2.41. The molecule has 0 amide bonds. The summed E-state index contributed by atoms with van der Waals surface area (Å²) in [6, 6.07) is 0. The van der Waals surface area contributed by atoms with Crippen molar-refractivity contribution in [2.45, 2.75) is 84.7 Å². The molecule has 1 aliphatic carbocycles. The molecule has 8 heteroatoms. The summed E-state index contributed by atoms with van der Waals surface area (Å²) in [5.74, 6) is -4.51. The smallest absolute Gasteiger partial charge is 0.334 e. The summed E-state index contributed by atoms with van der Waals surface area (Å²) >= 11 is 0. The predicted molar refractivity (Wildman–Crippen MR) is 115 cm³/mol. The number of carbonyl (C=O) groups is 4. The molecular formula is C24H34O8. The number of hydrogen-bond acceptors (Lipinski definition) is 8. The second kappa shape index (κ2) is 9.98. The molecule has 1 heterocycles. The van der Waals surface area contributed by atoms with Gasteiger partial charge in [0.15, 0.2) is 24.1 Å². The molecule has 8 nitrogen and oxygen atoms in total. The Morgan fingerprint density at radius 3 is 2.47 bits per heavy atom. The standard InChI is InChI=1S/C24H34O8/c1-8-13(4)22(27)32-20-19-16(15(6)23(28)31-19)18(30-21(26)12(2)3)17(25)14(5)10-9-11-24(20,7)29/h8,12,14,16,18-20,29H,6,9-11H2,1-5,7H3/b13-8+/t14-,16-,18-,19+,20-,24+/m1/s1. The second-order valence-electron chi connectivity index (χ2n) is 9.28. The number of ether oxygens (including phenoxy) is 3. The summed E-state index contributed by atoms with van der Waals surface area (Å²) in [4.78, 5) is 50.8. The normalized spacial score (nSPS) is 34.1. The molecule has 2 aliphatic rings. The Labute approximate surface area is 189 Å². The maximum absolute atomic E-state index is 13.3. The lowest BCUT2D eigenvalue weighted by molar-refractivity contribution is -0.191. The van der Waals surface area contributed by atoms with Crippen LogP contribution in [0.3, 0.4) is 0 Å². The Balaban J connectivity index is 2.60. The zero-order valence-corrected chi connectivity index (χ0v) is 19.7. The molecule has 32 heavy (non-hydrogen) atoms. The first-order valence-corrected chi connectivity index (χ1v) is 11.0. The summed E-state index contributed by atoms with van der Waals surface area (Å²) in [5, 5.41) is 11.3. The number of allylic oxidation sites excluding steroid dienone is 1. The highest BCUT2D eigenvalue weighted by atomic mass is 16.6. The predicted octanol–water partition coefficient (Wildman–Crippen LogP) is 2.67. The van der Waals surface area contributed by atoms with Crippen LogP contribution in [-0.2, 0) is 33.4 Å². The number of rotatable bonds is 4. The van der Waals surface area contributed by atoms with Crippen LogP contribution in [0.2, 0.25) is 0 Å². The summed E-state index contributed by atoms with van der Waals surface area (Å²) in [6.07, 6.45) is -1.22. The number of esters is 3. The van der Waals surface area contributed by atoms with Crippen molar-refractivity contribution in [1.82, 2.24) is 0 Å². The van der Waals surface area contributed by atoms with Gasteiger partial charge in [-0.25, -0.2) is 9.59 Å². The number of ketones is 1. The van der Waals surface area contributed by atoms with Crippen LogP contribution >= 0.6 is 0 Å². The third-order valence-corrected chi connectivity index (χ3v) is 6.29. The molecule has 0 aromatic carbocycles. The van der Waals surface area contributed by atoms with Gasteiger partial charge in [0.25, 0.3) is 0 Å². The molecule has 1 N–H and O–H groups in total. The first-order valence-electron chi connectivity index (χ1n) is 11.0. The highest BCUT2D eigenvalue weighted by Gasteiger charge is 2.57. The Hall–Kier alpha value is -2.48. The average Bonchev–Trinajstić information content (AvgIpc) is 3.01. The van der Waals surface area contributed by atoms with E-state index in [2.05, 4.69) is 6.58 Å². The molecule has 0 radical (unpaired) electrons. The summed E-state index contributed by atoms with van der Waals surface area (Å²) in [7, 11) is 0. The van der Waals surface area contributed by atoms with Gasteiger partial charge in [-0.3, -0.25) is 9.59 Å². The van der Waals surface area contributed by atoms with Gasteiger partial charge >= 0.3 is 17.9 Å². The van der Waals surface area contributed by atoms with Crippen LogP contribution in [0.25, 0.3) is 0 Å². The molecular weight excluding hydrogens is 416 g/mol. The average molecular weight is 451 g/mol. The molecule has 0 aromatic heterocycles. The van der Waals surface area contributed by atoms with Crippen LogP contribution in [0, 0.1) is 17.8 Å². The van der Waals surface area contributed by atoms with Crippen molar-refractivity contribution < 1.29 is 38.5 Å². The fraction of sp³-hybridized carbons (Fsp3) is 0.667. The van der Waals surface area contributed by atoms with Crippen molar-refractivity contribution in [3.8, 4) is 0 Å². The SMILES string of the molecule is C=C1C(=O)O[C@H]2[C@H]1[C@@H](OC(=O)C(C)C)C(=O)[C@H](C)CCC[C@](C)(O)[C@@H]2OC(=O)/C(C)=C/C.